The lowest BCUT2D eigenvalue weighted by molar-refractivity contribution is -0.125. The van der Waals surface area contributed by atoms with Gasteiger partial charge in [-0.25, -0.2) is 0 Å². The molecule has 0 spiro atoms. The number of amides is 1. The van der Waals surface area contributed by atoms with E-state index in [0.717, 1.165) is 0 Å². The van der Waals surface area contributed by atoms with Crippen molar-refractivity contribution >= 4 is 17.8 Å². The Morgan fingerprint density at radius 2 is 1.80 bits per heavy atom. The average molecular weight is 282 g/mol. The monoisotopic (exact) mass is 282 g/mol. The van der Waals surface area contributed by atoms with E-state index in [1.165, 1.54) is 0 Å². The van der Waals surface area contributed by atoms with Gasteiger partial charge in [0.25, 0.3) is 0 Å². The van der Waals surface area contributed by atoms with Crippen LogP contribution in [0, 0.1) is 5.41 Å². The van der Waals surface area contributed by atoms with Gasteiger partial charge in [-0.1, -0.05) is 0 Å². The van der Waals surface area contributed by atoms with Gasteiger partial charge < -0.3 is 21.1 Å². The standard InChI is InChI=1S/C12H22N6O2/c1-5-14-9-16-10(18-11(17-9)20-6-2)15-7-12(3,4)8(13)19/h5-7H2,1-4H3,(H2,13,19)(H2,14,15,16,17,18). The lowest BCUT2D eigenvalue weighted by Gasteiger charge is -2.20. The van der Waals surface area contributed by atoms with Crippen molar-refractivity contribution < 1.29 is 9.53 Å². The highest BCUT2D eigenvalue weighted by molar-refractivity contribution is 5.80. The minimum absolute atomic E-state index is 0.234. The van der Waals surface area contributed by atoms with Crippen molar-refractivity contribution in [3.05, 3.63) is 0 Å². The largest absolute Gasteiger partial charge is 0.464 e. The third-order valence-electron chi connectivity index (χ3n) is 2.58. The summed E-state index contributed by atoms with van der Waals surface area (Å²) in [6, 6.07) is 0.234. The van der Waals surface area contributed by atoms with Crippen LogP contribution in [-0.4, -0.2) is 40.6 Å². The van der Waals surface area contributed by atoms with Crippen molar-refractivity contribution in [1.82, 2.24) is 15.0 Å². The van der Waals surface area contributed by atoms with E-state index in [1.54, 1.807) is 13.8 Å². The van der Waals surface area contributed by atoms with Crippen LogP contribution in [0.2, 0.25) is 0 Å². The van der Waals surface area contributed by atoms with Crippen LogP contribution in [0.25, 0.3) is 0 Å². The average Bonchev–Trinajstić information content (AvgIpc) is 2.37. The molecule has 0 aliphatic heterocycles. The molecule has 0 bridgehead atoms. The first-order chi connectivity index (χ1) is 9.39. The Bertz CT molecular complexity index is 439. The Balaban J connectivity index is 2.85. The summed E-state index contributed by atoms with van der Waals surface area (Å²) < 4.78 is 5.28. The van der Waals surface area contributed by atoms with E-state index < -0.39 is 11.3 Å². The number of anilines is 2. The molecule has 0 saturated heterocycles. The summed E-state index contributed by atoms with van der Waals surface area (Å²) in [6.07, 6.45) is 0. The van der Waals surface area contributed by atoms with Crippen LogP contribution in [-0.2, 0) is 4.79 Å². The van der Waals surface area contributed by atoms with E-state index in [-0.39, 0.29) is 6.01 Å². The summed E-state index contributed by atoms with van der Waals surface area (Å²) in [5, 5.41) is 5.97. The van der Waals surface area contributed by atoms with E-state index in [1.807, 2.05) is 13.8 Å². The molecule has 0 aliphatic carbocycles. The topological polar surface area (TPSA) is 115 Å². The Labute approximate surface area is 118 Å². The van der Waals surface area contributed by atoms with Crippen molar-refractivity contribution in [3.8, 4) is 6.01 Å². The molecule has 112 valence electrons. The summed E-state index contributed by atoms with van der Waals surface area (Å²) >= 11 is 0. The molecule has 1 amide bonds. The highest BCUT2D eigenvalue weighted by Crippen LogP contribution is 2.16. The molecular formula is C12H22N6O2. The second-order valence-corrected chi connectivity index (χ2v) is 4.83. The maximum atomic E-state index is 11.3. The lowest BCUT2D eigenvalue weighted by atomic mass is 9.93. The van der Waals surface area contributed by atoms with Crippen LogP contribution in [0.4, 0.5) is 11.9 Å². The SMILES string of the molecule is CCNc1nc(NCC(C)(C)C(N)=O)nc(OCC)n1. The number of carbonyl (C=O) groups excluding carboxylic acids is 1. The zero-order valence-electron chi connectivity index (χ0n) is 12.4. The van der Waals surface area contributed by atoms with Crippen LogP contribution < -0.4 is 21.1 Å². The Kier molecular flexibility index (Phi) is 5.48. The molecule has 0 atom stereocenters. The van der Waals surface area contributed by atoms with Gasteiger partial charge in [0, 0.05) is 13.1 Å². The number of ether oxygens (including phenoxy) is 1. The molecule has 1 rings (SSSR count). The minimum Gasteiger partial charge on any atom is -0.464 e. The maximum Gasteiger partial charge on any atom is 0.323 e. The Morgan fingerprint density at radius 3 is 2.30 bits per heavy atom. The van der Waals surface area contributed by atoms with Gasteiger partial charge in [-0.15, -0.1) is 0 Å². The molecule has 0 fully saturated rings. The van der Waals surface area contributed by atoms with Gasteiger partial charge in [0.15, 0.2) is 0 Å². The fourth-order valence-electron chi connectivity index (χ4n) is 1.25. The van der Waals surface area contributed by atoms with Crippen LogP contribution in [0.3, 0.4) is 0 Å². The normalized spacial score (nSPS) is 11.0. The van der Waals surface area contributed by atoms with Gasteiger partial charge in [-0.2, -0.15) is 15.0 Å². The molecule has 0 aliphatic rings. The van der Waals surface area contributed by atoms with Gasteiger partial charge in [-0.3, -0.25) is 4.79 Å². The predicted octanol–water partition coefficient (Wildman–Crippen LogP) is 0.626. The number of hydrogen-bond donors (Lipinski definition) is 3. The van der Waals surface area contributed by atoms with Crippen LogP contribution >= 0.6 is 0 Å². The van der Waals surface area contributed by atoms with E-state index in [0.29, 0.717) is 31.6 Å². The molecule has 1 aromatic heterocycles. The second-order valence-electron chi connectivity index (χ2n) is 4.83. The first-order valence-corrected chi connectivity index (χ1v) is 6.55. The molecule has 0 radical (unpaired) electrons. The fourth-order valence-corrected chi connectivity index (χ4v) is 1.25. The highest BCUT2D eigenvalue weighted by atomic mass is 16.5. The zero-order chi connectivity index (χ0) is 15.2. The quantitative estimate of drug-likeness (QED) is 0.640. The fraction of sp³-hybridized carbons (Fsp3) is 0.667. The zero-order valence-corrected chi connectivity index (χ0v) is 12.4. The molecule has 0 aromatic carbocycles. The van der Waals surface area contributed by atoms with Crippen molar-refractivity contribution in [2.75, 3.05) is 30.3 Å². The summed E-state index contributed by atoms with van der Waals surface area (Å²) in [7, 11) is 0. The number of nitrogens with zero attached hydrogens (tertiary/aromatic N) is 3. The number of primary amides is 1. The molecule has 20 heavy (non-hydrogen) atoms. The number of rotatable bonds is 8. The van der Waals surface area contributed by atoms with Gasteiger partial charge in [0.1, 0.15) is 0 Å². The second kappa shape index (κ2) is 6.88. The van der Waals surface area contributed by atoms with Crippen LogP contribution in [0.5, 0.6) is 6.01 Å². The molecule has 8 nitrogen and oxygen atoms in total. The van der Waals surface area contributed by atoms with Gasteiger partial charge in [0.05, 0.1) is 12.0 Å². The number of hydrogen-bond acceptors (Lipinski definition) is 7. The molecule has 1 heterocycles. The highest BCUT2D eigenvalue weighted by Gasteiger charge is 2.25. The van der Waals surface area contributed by atoms with E-state index in [4.69, 9.17) is 10.5 Å². The molecule has 0 saturated carbocycles. The van der Waals surface area contributed by atoms with Crippen molar-refractivity contribution in [2.24, 2.45) is 11.1 Å². The van der Waals surface area contributed by atoms with Gasteiger partial charge in [-0.05, 0) is 27.7 Å². The van der Waals surface area contributed by atoms with Crippen LogP contribution in [0.15, 0.2) is 0 Å². The van der Waals surface area contributed by atoms with Crippen molar-refractivity contribution in [1.29, 1.82) is 0 Å². The van der Waals surface area contributed by atoms with E-state index in [9.17, 15) is 4.79 Å². The first-order valence-electron chi connectivity index (χ1n) is 6.55. The summed E-state index contributed by atoms with van der Waals surface area (Å²) in [5.41, 5.74) is 4.62. The summed E-state index contributed by atoms with van der Waals surface area (Å²) in [6.45, 7) is 8.75. The number of aromatic nitrogens is 3. The Hall–Kier alpha value is -2.12. The number of carbonyl (C=O) groups is 1. The molecule has 8 heteroatoms. The van der Waals surface area contributed by atoms with Crippen molar-refractivity contribution in [2.45, 2.75) is 27.7 Å². The molecule has 4 N–H and O–H groups in total. The smallest absolute Gasteiger partial charge is 0.323 e. The first kappa shape index (κ1) is 15.9. The van der Waals surface area contributed by atoms with Gasteiger partial charge in [0.2, 0.25) is 17.8 Å². The third-order valence-corrected chi connectivity index (χ3v) is 2.58. The molecule has 1 aromatic rings. The predicted molar refractivity (Wildman–Crippen MR) is 76.6 cm³/mol. The summed E-state index contributed by atoms with van der Waals surface area (Å²) in [5.74, 6) is 0.370. The van der Waals surface area contributed by atoms with Crippen LogP contribution in [0.1, 0.15) is 27.7 Å². The van der Waals surface area contributed by atoms with E-state index >= 15 is 0 Å². The van der Waals surface area contributed by atoms with Gasteiger partial charge >= 0.3 is 6.01 Å². The lowest BCUT2D eigenvalue weighted by Crippen LogP contribution is -2.37. The third kappa shape index (κ3) is 4.52. The minimum atomic E-state index is -0.698. The molecule has 0 unspecified atom stereocenters. The number of nitrogens with one attached hydrogen (secondary N) is 2. The number of nitrogens with two attached hydrogens (primary N) is 1. The Morgan fingerprint density at radius 1 is 1.20 bits per heavy atom. The van der Waals surface area contributed by atoms with Crippen molar-refractivity contribution in [3.63, 3.8) is 0 Å². The molecular weight excluding hydrogens is 260 g/mol. The van der Waals surface area contributed by atoms with E-state index in [2.05, 4.69) is 25.6 Å². The maximum absolute atomic E-state index is 11.3. The summed E-state index contributed by atoms with van der Waals surface area (Å²) in [4.78, 5) is 23.7.